The van der Waals surface area contributed by atoms with Gasteiger partial charge in [-0.15, -0.1) is 0 Å². The molecule has 0 saturated carbocycles. The number of nitrogens with one attached hydrogen (secondary N) is 1. The van der Waals surface area contributed by atoms with Crippen LogP contribution in [0.5, 0.6) is 0 Å². The van der Waals surface area contributed by atoms with Gasteiger partial charge in [-0.1, -0.05) is 63.6 Å². The van der Waals surface area contributed by atoms with Crippen molar-refractivity contribution in [2.45, 2.75) is 58.3 Å². The first-order chi connectivity index (χ1) is 8.83. The van der Waals surface area contributed by atoms with Gasteiger partial charge >= 0.3 is 0 Å². The zero-order valence-electron chi connectivity index (χ0n) is 11.5. The Balaban J connectivity index is 2.00. The van der Waals surface area contributed by atoms with Crippen molar-refractivity contribution in [3.63, 3.8) is 0 Å². The number of hydrogen-bond donors (Lipinski definition) is 1. The first-order valence-corrected chi connectivity index (χ1v) is 7.18. The monoisotopic (exact) mass is 247 g/mol. The van der Waals surface area contributed by atoms with Crippen LogP contribution >= 0.6 is 0 Å². The molecule has 0 aliphatic heterocycles. The summed E-state index contributed by atoms with van der Waals surface area (Å²) in [7, 11) is 0. The van der Waals surface area contributed by atoms with Crippen LogP contribution in [-0.2, 0) is 4.79 Å². The maximum atomic E-state index is 11.6. The highest BCUT2D eigenvalue weighted by molar-refractivity contribution is 5.90. The standard InChI is InChI=1S/C16H25NO/c1-2-3-4-5-6-7-11-14-16(18)17-15-12-9-8-10-13-15/h8-10,12-13H,2-7,11,14H2,1H3,(H,17,18). The Morgan fingerprint density at radius 1 is 0.944 bits per heavy atom. The lowest BCUT2D eigenvalue weighted by atomic mass is 10.1. The fourth-order valence-electron chi connectivity index (χ4n) is 1.99. The molecule has 0 unspecified atom stereocenters. The largest absolute Gasteiger partial charge is 0.326 e. The van der Waals surface area contributed by atoms with Crippen molar-refractivity contribution < 1.29 is 4.79 Å². The number of hydrogen-bond acceptors (Lipinski definition) is 1. The highest BCUT2D eigenvalue weighted by Gasteiger charge is 2.01. The average molecular weight is 247 g/mol. The van der Waals surface area contributed by atoms with Crippen molar-refractivity contribution in [2.24, 2.45) is 0 Å². The quantitative estimate of drug-likeness (QED) is 0.626. The van der Waals surface area contributed by atoms with Crippen LogP contribution in [0.15, 0.2) is 30.3 Å². The third kappa shape index (κ3) is 7.10. The van der Waals surface area contributed by atoms with Crippen LogP contribution in [0, 0.1) is 0 Å². The van der Waals surface area contributed by atoms with E-state index in [-0.39, 0.29) is 5.91 Å². The Labute approximate surface area is 111 Å². The molecule has 0 radical (unpaired) electrons. The van der Waals surface area contributed by atoms with Gasteiger partial charge in [-0.3, -0.25) is 4.79 Å². The fourth-order valence-corrected chi connectivity index (χ4v) is 1.99. The number of carbonyl (C=O) groups excluding carboxylic acids is 1. The molecule has 0 aliphatic rings. The van der Waals surface area contributed by atoms with E-state index in [1.54, 1.807) is 0 Å². The van der Waals surface area contributed by atoms with E-state index in [0.717, 1.165) is 12.1 Å². The molecule has 0 spiro atoms. The summed E-state index contributed by atoms with van der Waals surface area (Å²) in [6.07, 6.45) is 9.37. The number of amides is 1. The maximum Gasteiger partial charge on any atom is 0.224 e. The first-order valence-electron chi connectivity index (χ1n) is 7.18. The normalized spacial score (nSPS) is 10.3. The molecule has 0 saturated heterocycles. The molecule has 1 aromatic carbocycles. The summed E-state index contributed by atoms with van der Waals surface area (Å²) in [6, 6.07) is 9.66. The second-order valence-electron chi connectivity index (χ2n) is 4.79. The fraction of sp³-hybridized carbons (Fsp3) is 0.562. The van der Waals surface area contributed by atoms with Crippen molar-refractivity contribution in [1.29, 1.82) is 0 Å². The van der Waals surface area contributed by atoms with Gasteiger partial charge in [0.2, 0.25) is 5.91 Å². The predicted octanol–water partition coefficient (Wildman–Crippen LogP) is 4.77. The van der Waals surface area contributed by atoms with E-state index in [9.17, 15) is 4.79 Å². The Hall–Kier alpha value is -1.31. The molecule has 0 atom stereocenters. The number of carbonyl (C=O) groups is 1. The van der Waals surface area contributed by atoms with Crippen LogP contribution < -0.4 is 5.32 Å². The van der Waals surface area contributed by atoms with Crippen LogP contribution in [0.3, 0.4) is 0 Å². The minimum absolute atomic E-state index is 0.134. The summed E-state index contributed by atoms with van der Waals surface area (Å²) in [6.45, 7) is 2.23. The molecular weight excluding hydrogens is 222 g/mol. The molecule has 1 rings (SSSR count). The van der Waals surface area contributed by atoms with Crippen LogP contribution in [0.2, 0.25) is 0 Å². The molecule has 0 bridgehead atoms. The second-order valence-corrected chi connectivity index (χ2v) is 4.79. The van der Waals surface area contributed by atoms with Crippen molar-refractivity contribution in [3.8, 4) is 0 Å². The minimum Gasteiger partial charge on any atom is -0.326 e. The summed E-state index contributed by atoms with van der Waals surface area (Å²) < 4.78 is 0. The van der Waals surface area contributed by atoms with E-state index in [4.69, 9.17) is 0 Å². The van der Waals surface area contributed by atoms with Crippen molar-refractivity contribution in [1.82, 2.24) is 0 Å². The zero-order chi connectivity index (χ0) is 13.1. The summed E-state index contributed by atoms with van der Waals surface area (Å²) in [5.74, 6) is 0.134. The molecule has 0 aromatic heterocycles. The molecule has 1 aromatic rings. The van der Waals surface area contributed by atoms with Gasteiger partial charge in [0, 0.05) is 12.1 Å². The lowest BCUT2D eigenvalue weighted by Gasteiger charge is -2.04. The lowest BCUT2D eigenvalue weighted by molar-refractivity contribution is -0.116. The molecule has 100 valence electrons. The van der Waals surface area contributed by atoms with Gasteiger partial charge in [-0.2, -0.15) is 0 Å². The van der Waals surface area contributed by atoms with Gasteiger partial charge in [-0.25, -0.2) is 0 Å². The smallest absolute Gasteiger partial charge is 0.224 e. The van der Waals surface area contributed by atoms with Crippen LogP contribution in [0.25, 0.3) is 0 Å². The van der Waals surface area contributed by atoms with Gasteiger partial charge in [-0.05, 0) is 18.6 Å². The summed E-state index contributed by atoms with van der Waals surface area (Å²) in [4.78, 5) is 11.6. The van der Waals surface area contributed by atoms with E-state index >= 15 is 0 Å². The summed E-state index contributed by atoms with van der Waals surface area (Å²) in [5, 5.41) is 2.91. The molecule has 0 aliphatic carbocycles. The zero-order valence-corrected chi connectivity index (χ0v) is 11.5. The van der Waals surface area contributed by atoms with Gasteiger partial charge in [0.05, 0.1) is 0 Å². The van der Waals surface area contributed by atoms with E-state index in [0.29, 0.717) is 6.42 Å². The number of rotatable bonds is 9. The molecule has 2 nitrogen and oxygen atoms in total. The number of para-hydroxylation sites is 1. The highest BCUT2D eigenvalue weighted by atomic mass is 16.1. The van der Waals surface area contributed by atoms with E-state index < -0.39 is 0 Å². The van der Waals surface area contributed by atoms with Crippen LogP contribution in [0.4, 0.5) is 5.69 Å². The number of benzene rings is 1. The molecule has 1 N–H and O–H groups in total. The molecular formula is C16H25NO. The Morgan fingerprint density at radius 2 is 1.56 bits per heavy atom. The predicted molar refractivity (Wildman–Crippen MR) is 77.7 cm³/mol. The average Bonchev–Trinajstić information content (AvgIpc) is 2.39. The number of anilines is 1. The van der Waals surface area contributed by atoms with Crippen molar-refractivity contribution in [3.05, 3.63) is 30.3 Å². The van der Waals surface area contributed by atoms with Crippen LogP contribution in [-0.4, -0.2) is 5.91 Å². The van der Waals surface area contributed by atoms with Gasteiger partial charge in [0.15, 0.2) is 0 Å². The van der Waals surface area contributed by atoms with Gasteiger partial charge in [0.25, 0.3) is 0 Å². The van der Waals surface area contributed by atoms with Crippen LogP contribution in [0.1, 0.15) is 58.3 Å². The SMILES string of the molecule is CCCCCCCCCC(=O)Nc1ccccc1. The Morgan fingerprint density at radius 3 is 2.22 bits per heavy atom. The summed E-state index contributed by atoms with van der Waals surface area (Å²) >= 11 is 0. The van der Waals surface area contributed by atoms with E-state index in [1.165, 1.54) is 38.5 Å². The Bertz CT molecular complexity index is 321. The molecule has 18 heavy (non-hydrogen) atoms. The van der Waals surface area contributed by atoms with Crippen molar-refractivity contribution >= 4 is 11.6 Å². The van der Waals surface area contributed by atoms with Gasteiger partial charge < -0.3 is 5.32 Å². The third-order valence-electron chi connectivity index (χ3n) is 3.06. The molecule has 1 amide bonds. The summed E-state index contributed by atoms with van der Waals surface area (Å²) in [5.41, 5.74) is 0.894. The maximum absolute atomic E-state index is 11.6. The molecule has 0 heterocycles. The molecule has 0 fully saturated rings. The lowest BCUT2D eigenvalue weighted by Crippen LogP contribution is -2.10. The first kappa shape index (κ1) is 14.7. The van der Waals surface area contributed by atoms with E-state index in [1.807, 2.05) is 30.3 Å². The Kier molecular flexibility index (Phi) is 7.94. The van der Waals surface area contributed by atoms with Gasteiger partial charge in [0.1, 0.15) is 0 Å². The molecule has 2 heteroatoms. The third-order valence-corrected chi connectivity index (χ3v) is 3.06. The van der Waals surface area contributed by atoms with E-state index in [2.05, 4.69) is 12.2 Å². The second kappa shape index (κ2) is 9.69. The number of unbranched alkanes of at least 4 members (excludes halogenated alkanes) is 6. The minimum atomic E-state index is 0.134. The highest BCUT2D eigenvalue weighted by Crippen LogP contribution is 2.10. The topological polar surface area (TPSA) is 29.1 Å². The van der Waals surface area contributed by atoms with Crippen molar-refractivity contribution in [2.75, 3.05) is 5.32 Å².